The van der Waals surface area contributed by atoms with Crippen LogP contribution in [0.15, 0.2) is 5.16 Å². The highest BCUT2D eigenvalue weighted by atomic mass is 16.7. The number of rotatable bonds is 1. The van der Waals surface area contributed by atoms with E-state index in [9.17, 15) is 4.79 Å². The van der Waals surface area contributed by atoms with Crippen LogP contribution in [0, 0.1) is 5.41 Å². The number of ether oxygens (including phenoxy) is 2. The van der Waals surface area contributed by atoms with Crippen molar-refractivity contribution in [3.8, 4) is 0 Å². The Hall–Kier alpha value is -1.26. The van der Waals surface area contributed by atoms with Crippen molar-refractivity contribution >= 4 is 12.1 Å². The fraction of sp³-hybridized carbons (Fsp3) is 0.800. The minimum Gasteiger partial charge on any atom is -0.434 e. The lowest BCUT2D eigenvalue weighted by molar-refractivity contribution is 0.00827. The first-order chi connectivity index (χ1) is 6.93. The van der Waals surface area contributed by atoms with Gasteiger partial charge >= 0.3 is 6.16 Å². The van der Waals surface area contributed by atoms with Gasteiger partial charge in [0.2, 0.25) is 5.90 Å². The SMILES string of the molecule is CCOC(=O)OC1=NOC(C(C)(C)C)C1. The molecule has 0 amide bonds. The summed E-state index contributed by atoms with van der Waals surface area (Å²) in [5.41, 5.74) is -0.0245. The van der Waals surface area contributed by atoms with E-state index in [1.165, 1.54) is 0 Å². The summed E-state index contributed by atoms with van der Waals surface area (Å²) in [5.74, 6) is 0.286. The number of oxime groups is 1. The normalized spacial score (nSPS) is 20.5. The summed E-state index contributed by atoms with van der Waals surface area (Å²) < 4.78 is 9.47. The Morgan fingerprint density at radius 2 is 2.27 bits per heavy atom. The summed E-state index contributed by atoms with van der Waals surface area (Å²) in [6.45, 7) is 8.13. The van der Waals surface area contributed by atoms with Crippen LogP contribution in [0.5, 0.6) is 0 Å². The third kappa shape index (κ3) is 3.42. The zero-order chi connectivity index (χ0) is 11.5. The molecule has 1 rings (SSSR count). The van der Waals surface area contributed by atoms with Crippen molar-refractivity contribution in [2.75, 3.05) is 6.61 Å². The molecule has 0 bridgehead atoms. The zero-order valence-electron chi connectivity index (χ0n) is 9.57. The smallest absolute Gasteiger partial charge is 0.434 e. The van der Waals surface area contributed by atoms with Gasteiger partial charge in [-0.3, -0.25) is 0 Å². The quantitative estimate of drug-likeness (QED) is 0.630. The van der Waals surface area contributed by atoms with Gasteiger partial charge in [0.05, 0.1) is 13.0 Å². The highest BCUT2D eigenvalue weighted by Crippen LogP contribution is 2.29. The van der Waals surface area contributed by atoms with Gasteiger partial charge < -0.3 is 14.3 Å². The number of carbonyl (C=O) groups excluding carboxylic acids is 1. The van der Waals surface area contributed by atoms with Crippen LogP contribution in [0.25, 0.3) is 0 Å². The second-order valence-corrected chi connectivity index (χ2v) is 4.43. The van der Waals surface area contributed by atoms with Crippen LogP contribution in [0.3, 0.4) is 0 Å². The molecule has 0 saturated carbocycles. The molecular formula is C10H17NO4. The van der Waals surface area contributed by atoms with Crippen LogP contribution in [0.1, 0.15) is 34.1 Å². The van der Waals surface area contributed by atoms with E-state index in [1.807, 2.05) is 20.8 Å². The molecule has 5 nitrogen and oxygen atoms in total. The summed E-state index contributed by atoms with van der Waals surface area (Å²) in [5, 5.41) is 3.70. The van der Waals surface area contributed by atoms with Crippen LogP contribution in [-0.4, -0.2) is 24.8 Å². The first kappa shape index (κ1) is 11.8. The molecule has 1 unspecified atom stereocenters. The largest absolute Gasteiger partial charge is 0.515 e. The molecule has 1 aliphatic heterocycles. The number of nitrogens with zero attached hydrogens (tertiary/aromatic N) is 1. The van der Waals surface area contributed by atoms with Gasteiger partial charge in [0.1, 0.15) is 6.10 Å². The molecule has 0 N–H and O–H groups in total. The Morgan fingerprint density at radius 3 is 2.73 bits per heavy atom. The molecule has 5 heteroatoms. The number of carbonyl (C=O) groups is 1. The van der Waals surface area contributed by atoms with E-state index >= 15 is 0 Å². The lowest BCUT2D eigenvalue weighted by Gasteiger charge is -2.23. The standard InChI is InChI=1S/C10H17NO4/c1-5-13-9(12)14-8-6-7(15-11-8)10(2,3)4/h7H,5-6H2,1-4H3. The molecule has 0 aliphatic carbocycles. The van der Waals surface area contributed by atoms with Gasteiger partial charge in [-0.25, -0.2) is 4.79 Å². The first-order valence-corrected chi connectivity index (χ1v) is 5.00. The molecule has 86 valence electrons. The summed E-state index contributed by atoms with van der Waals surface area (Å²) >= 11 is 0. The molecule has 15 heavy (non-hydrogen) atoms. The summed E-state index contributed by atoms with van der Waals surface area (Å²) in [6, 6.07) is 0. The minimum absolute atomic E-state index is 0.0245. The Labute approximate surface area is 89.4 Å². The van der Waals surface area contributed by atoms with Crippen LogP contribution in [-0.2, 0) is 14.3 Å². The fourth-order valence-corrected chi connectivity index (χ4v) is 1.12. The van der Waals surface area contributed by atoms with Crippen LogP contribution in [0.4, 0.5) is 4.79 Å². The molecule has 0 aromatic heterocycles. The van der Waals surface area contributed by atoms with E-state index in [-0.39, 0.29) is 24.0 Å². The molecule has 1 atom stereocenters. The maximum Gasteiger partial charge on any atom is 0.515 e. The van der Waals surface area contributed by atoms with Gasteiger partial charge in [-0.15, -0.1) is 0 Å². The predicted octanol–water partition coefficient (Wildman–Crippen LogP) is 2.31. The summed E-state index contributed by atoms with van der Waals surface area (Å²) in [4.78, 5) is 16.1. The van der Waals surface area contributed by atoms with E-state index in [2.05, 4.69) is 9.89 Å². The summed E-state index contributed by atoms with van der Waals surface area (Å²) in [6.07, 6.45) is -0.279. The average Bonchev–Trinajstić information content (AvgIpc) is 2.52. The summed E-state index contributed by atoms with van der Waals surface area (Å²) in [7, 11) is 0. The first-order valence-electron chi connectivity index (χ1n) is 5.00. The molecular weight excluding hydrogens is 198 g/mol. The average molecular weight is 215 g/mol. The Morgan fingerprint density at radius 1 is 1.60 bits per heavy atom. The lowest BCUT2D eigenvalue weighted by atomic mass is 9.87. The van der Waals surface area contributed by atoms with Crippen molar-refractivity contribution in [3.05, 3.63) is 0 Å². The van der Waals surface area contributed by atoms with Gasteiger partial charge in [-0.1, -0.05) is 25.9 Å². The molecule has 1 heterocycles. The van der Waals surface area contributed by atoms with Crippen LogP contribution < -0.4 is 0 Å². The van der Waals surface area contributed by atoms with Crippen LogP contribution in [0.2, 0.25) is 0 Å². The van der Waals surface area contributed by atoms with Gasteiger partial charge in [0, 0.05) is 5.41 Å². The molecule has 0 saturated heterocycles. The van der Waals surface area contributed by atoms with Gasteiger partial charge in [0.25, 0.3) is 0 Å². The molecule has 0 aromatic rings. The van der Waals surface area contributed by atoms with Gasteiger partial charge in [-0.2, -0.15) is 0 Å². The lowest BCUT2D eigenvalue weighted by Crippen LogP contribution is -2.27. The van der Waals surface area contributed by atoms with Crippen molar-refractivity contribution in [2.24, 2.45) is 10.6 Å². The topological polar surface area (TPSA) is 57.1 Å². The number of hydrogen-bond donors (Lipinski definition) is 0. The van der Waals surface area contributed by atoms with Crippen molar-refractivity contribution < 1.29 is 19.1 Å². The van der Waals surface area contributed by atoms with Crippen molar-refractivity contribution in [1.29, 1.82) is 0 Å². The van der Waals surface area contributed by atoms with E-state index in [1.54, 1.807) is 6.92 Å². The fourth-order valence-electron chi connectivity index (χ4n) is 1.12. The molecule has 1 aliphatic rings. The van der Waals surface area contributed by atoms with Crippen molar-refractivity contribution in [3.63, 3.8) is 0 Å². The Kier molecular flexibility index (Phi) is 3.55. The second-order valence-electron chi connectivity index (χ2n) is 4.43. The molecule has 0 spiro atoms. The van der Waals surface area contributed by atoms with E-state index < -0.39 is 6.16 Å². The van der Waals surface area contributed by atoms with Crippen molar-refractivity contribution in [2.45, 2.75) is 40.2 Å². The van der Waals surface area contributed by atoms with Crippen LogP contribution >= 0.6 is 0 Å². The van der Waals surface area contributed by atoms with E-state index in [0.717, 1.165) is 0 Å². The Bertz CT molecular complexity index is 267. The Balaban J connectivity index is 2.39. The van der Waals surface area contributed by atoms with Crippen molar-refractivity contribution in [1.82, 2.24) is 0 Å². The van der Waals surface area contributed by atoms with Gasteiger partial charge in [0.15, 0.2) is 0 Å². The van der Waals surface area contributed by atoms with E-state index in [4.69, 9.17) is 9.57 Å². The predicted molar refractivity (Wildman–Crippen MR) is 54.5 cm³/mol. The zero-order valence-corrected chi connectivity index (χ0v) is 9.57. The third-order valence-electron chi connectivity index (χ3n) is 2.07. The maximum atomic E-state index is 11.0. The highest BCUT2D eigenvalue weighted by molar-refractivity contribution is 5.86. The third-order valence-corrected chi connectivity index (χ3v) is 2.07. The maximum absolute atomic E-state index is 11.0. The second kappa shape index (κ2) is 4.51. The van der Waals surface area contributed by atoms with Gasteiger partial charge in [-0.05, 0) is 6.92 Å². The molecule has 0 radical (unpaired) electrons. The van der Waals surface area contributed by atoms with E-state index in [0.29, 0.717) is 6.42 Å². The molecule has 0 fully saturated rings. The number of hydrogen-bond acceptors (Lipinski definition) is 5. The monoisotopic (exact) mass is 215 g/mol. The highest BCUT2D eigenvalue weighted by Gasteiger charge is 2.34. The molecule has 0 aromatic carbocycles. The minimum atomic E-state index is -0.727.